The summed E-state index contributed by atoms with van der Waals surface area (Å²) in [5, 5.41) is 5.42. The molecule has 1 fully saturated rings. The molecule has 0 bridgehead atoms. The zero-order valence-corrected chi connectivity index (χ0v) is 15.0. The number of aryl methyl sites for hydroxylation is 2. The van der Waals surface area contributed by atoms with Crippen LogP contribution < -0.4 is 5.32 Å². The highest BCUT2D eigenvalue weighted by atomic mass is 32.1. The molecule has 0 unspecified atom stereocenters. The van der Waals surface area contributed by atoms with Gasteiger partial charge in [0.15, 0.2) is 0 Å². The van der Waals surface area contributed by atoms with Crippen LogP contribution in [-0.2, 0) is 9.53 Å². The summed E-state index contributed by atoms with van der Waals surface area (Å²) < 4.78 is 5.23. The molecule has 2 aromatic rings. The fourth-order valence-electron chi connectivity index (χ4n) is 2.73. The zero-order chi connectivity index (χ0) is 17.3. The van der Waals surface area contributed by atoms with Gasteiger partial charge in [0.2, 0.25) is 5.91 Å². The Morgan fingerprint density at radius 2 is 2.00 bits per heavy atom. The summed E-state index contributed by atoms with van der Waals surface area (Å²) in [6, 6.07) is 6.13. The molecule has 3 rings (SSSR count). The summed E-state index contributed by atoms with van der Waals surface area (Å²) >= 11 is 1.38. The van der Waals surface area contributed by atoms with Crippen molar-refractivity contribution in [3.63, 3.8) is 0 Å². The first-order valence-corrected chi connectivity index (χ1v) is 9.06. The molecule has 126 valence electrons. The summed E-state index contributed by atoms with van der Waals surface area (Å²) in [5.74, 6) is -0.305. The number of ether oxygens (including phenoxy) is 1. The maximum atomic E-state index is 12.5. The average Bonchev–Trinajstić information content (AvgIpc) is 3.30. The normalized spacial score (nSPS) is 13.6. The van der Waals surface area contributed by atoms with Gasteiger partial charge in [0.25, 0.3) is 0 Å². The van der Waals surface area contributed by atoms with E-state index in [0.29, 0.717) is 17.2 Å². The smallest absolute Gasteiger partial charge is 0.341 e. The Bertz CT molecular complexity index is 790. The van der Waals surface area contributed by atoms with Crippen LogP contribution in [0.1, 0.15) is 41.3 Å². The van der Waals surface area contributed by atoms with Gasteiger partial charge >= 0.3 is 5.97 Å². The summed E-state index contributed by atoms with van der Waals surface area (Å²) in [5.41, 5.74) is 4.54. The van der Waals surface area contributed by atoms with Gasteiger partial charge in [-0.25, -0.2) is 4.79 Å². The van der Waals surface area contributed by atoms with Crippen LogP contribution in [0.3, 0.4) is 0 Å². The fourth-order valence-corrected chi connectivity index (χ4v) is 3.68. The molecule has 0 atom stereocenters. The molecule has 24 heavy (non-hydrogen) atoms. The largest absolute Gasteiger partial charge is 0.462 e. The molecule has 1 saturated carbocycles. The highest BCUT2D eigenvalue weighted by molar-refractivity contribution is 7.15. The Morgan fingerprint density at radius 3 is 2.62 bits per heavy atom. The summed E-state index contributed by atoms with van der Waals surface area (Å²) in [6.45, 7) is 6.15. The third-order valence-electron chi connectivity index (χ3n) is 4.13. The first kappa shape index (κ1) is 16.7. The Kier molecular flexibility index (Phi) is 4.71. The van der Waals surface area contributed by atoms with E-state index >= 15 is 0 Å². The van der Waals surface area contributed by atoms with Gasteiger partial charge in [-0.2, -0.15) is 0 Å². The van der Waals surface area contributed by atoms with Crippen molar-refractivity contribution in [2.45, 2.75) is 33.6 Å². The van der Waals surface area contributed by atoms with Crippen LogP contribution >= 0.6 is 11.3 Å². The highest BCUT2D eigenvalue weighted by Gasteiger charge is 2.31. The molecule has 1 aliphatic carbocycles. The lowest BCUT2D eigenvalue weighted by molar-refractivity contribution is -0.117. The van der Waals surface area contributed by atoms with Gasteiger partial charge in [-0.1, -0.05) is 23.8 Å². The van der Waals surface area contributed by atoms with Crippen molar-refractivity contribution >= 4 is 28.2 Å². The maximum absolute atomic E-state index is 12.5. The number of thiophene rings is 1. The van der Waals surface area contributed by atoms with E-state index in [4.69, 9.17) is 4.74 Å². The van der Waals surface area contributed by atoms with E-state index in [0.717, 1.165) is 29.5 Å². The molecule has 1 amide bonds. The molecular formula is C19H21NO3S. The second-order valence-electron chi connectivity index (χ2n) is 6.16. The third kappa shape index (κ3) is 3.36. The molecule has 0 radical (unpaired) electrons. The fraction of sp³-hybridized carbons (Fsp3) is 0.368. The number of anilines is 1. The number of amides is 1. The minimum absolute atomic E-state index is 0.00502. The topological polar surface area (TPSA) is 55.4 Å². The Labute approximate surface area is 145 Å². The number of carbonyl (C=O) groups is 2. The van der Waals surface area contributed by atoms with Crippen molar-refractivity contribution in [1.82, 2.24) is 0 Å². The van der Waals surface area contributed by atoms with Gasteiger partial charge in [0.05, 0.1) is 6.61 Å². The third-order valence-corrected chi connectivity index (χ3v) is 5.02. The van der Waals surface area contributed by atoms with Crippen LogP contribution in [0.2, 0.25) is 0 Å². The SMILES string of the molecule is CCOC(=O)c1c(-c2ccc(C)cc2C)csc1NC(=O)C1CC1. The van der Waals surface area contributed by atoms with Crippen molar-refractivity contribution in [2.75, 3.05) is 11.9 Å². The molecule has 1 aromatic carbocycles. The van der Waals surface area contributed by atoms with Crippen molar-refractivity contribution in [2.24, 2.45) is 5.92 Å². The highest BCUT2D eigenvalue weighted by Crippen LogP contribution is 2.39. The van der Waals surface area contributed by atoms with E-state index < -0.39 is 0 Å². The summed E-state index contributed by atoms with van der Waals surface area (Å²) in [7, 11) is 0. The van der Waals surface area contributed by atoms with Crippen LogP contribution in [0.4, 0.5) is 5.00 Å². The quantitative estimate of drug-likeness (QED) is 0.810. The molecule has 0 spiro atoms. The van der Waals surface area contributed by atoms with Crippen LogP contribution in [0.5, 0.6) is 0 Å². The Morgan fingerprint density at radius 1 is 1.25 bits per heavy atom. The maximum Gasteiger partial charge on any atom is 0.341 e. The number of nitrogens with one attached hydrogen (secondary N) is 1. The zero-order valence-electron chi connectivity index (χ0n) is 14.1. The Hall–Kier alpha value is -2.14. The molecule has 5 heteroatoms. The predicted octanol–water partition coefficient (Wildman–Crippen LogP) is 4.56. The standard InChI is InChI=1S/C19H21NO3S/c1-4-23-19(22)16-15(14-8-5-11(2)9-12(14)3)10-24-18(16)20-17(21)13-6-7-13/h5,8-10,13H,4,6-7H2,1-3H3,(H,20,21). The predicted molar refractivity (Wildman–Crippen MR) is 96.5 cm³/mol. The monoisotopic (exact) mass is 343 g/mol. The van der Waals surface area contributed by atoms with Crippen molar-refractivity contribution in [3.8, 4) is 11.1 Å². The summed E-state index contributed by atoms with van der Waals surface area (Å²) in [6.07, 6.45) is 1.85. The van der Waals surface area contributed by atoms with Gasteiger partial charge < -0.3 is 10.1 Å². The molecule has 0 aliphatic heterocycles. The van der Waals surface area contributed by atoms with Crippen molar-refractivity contribution < 1.29 is 14.3 Å². The van der Waals surface area contributed by atoms with E-state index in [2.05, 4.69) is 11.4 Å². The molecule has 0 saturated heterocycles. The number of esters is 1. The second-order valence-corrected chi connectivity index (χ2v) is 7.04. The Balaban J connectivity index is 2.03. The molecule has 1 aromatic heterocycles. The molecule has 4 nitrogen and oxygen atoms in total. The minimum Gasteiger partial charge on any atom is -0.462 e. The van der Waals surface area contributed by atoms with Gasteiger partial charge in [-0.15, -0.1) is 11.3 Å². The van der Waals surface area contributed by atoms with Crippen LogP contribution in [0, 0.1) is 19.8 Å². The lowest BCUT2D eigenvalue weighted by Gasteiger charge is -2.10. The molecule has 1 heterocycles. The van der Waals surface area contributed by atoms with E-state index in [9.17, 15) is 9.59 Å². The number of hydrogen-bond acceptors (Lipinski definition) is 4. The number of carbonyl (C=O) groups excluding carboxylic acids is 2. The van der Waals surface area contributed by atoms with Crippen LogP contribution in [-0.4, -0.2) is 18.5 Å². The van der Waals surface area contributed by atoms with Gasteiger partial charge in [-0.05, 0) is 44.7 Å². The van der Waals surface area contributed by atoms with E-state index in [1.54, 1.807) is 6.92 Å². The van der Waals surface area contributed by atoms with E-state index in [-0.39, 0.29) is 17.8 Å². The first-order valence-electron chi connectivity index (χ1n) is 8.18. The number of hydrogen-bond donors (Lipinski definition) is 1. The van der Waals surface area contributed by atoms with Crippen LogP contribution in [0.15, 0.2) is 23.6 Å². The molecule has 1 aliphatic rings. The summed E-state index contributed by atoms with van der Waals surface area (Å²) in [4.78, 5) is 24.6. The van der Waals surface area contributed by atoms with Crippen molar-refractivity contribution in [3.05, 3.63) is 40.3 Å². The van der Waals surface area contributed by atoms with Gasteiger partial charge in [0, 0.05) is 16.9 Å². The molecule has 1 N–H and O–H groups in total. The van der Waals surface area contributed by atoms with E-state index in [1.807, 2.05) is 31.4 Å². The van der Waals surface area contributed by atoms with Crippen LogP contribution in [0.25, 0.3) is 11.1 Å². The number of rotatable bonds is 5. The lowest BCUT2D eigenvalue weighted by Crippen LogP contribution is -2.15. The first-order chi connectivity index (χ1) is 11.5. The van der Waals surface area contributed by atoms with Gasteiger partial charge in [-0.3, -0.25) is 4.79 Å². The lowest BCUT2D eigenvalue weighted by atomic mass is 9.97. The second kappa shape index (κ2) is 6.77. The van der Waals surface area contributed by atoms with E-state index in [1.165, 1.54) is 16.9 Å². The van der Waals surface area contributed by atoms with Crippen molar-refractivity contribution in [1.29, 1.82) is 0 Å². The molecular weight excluding hydrogens is 322 g/mol. The number of benzene rings is 1. The minimum atomic E-state index is -0.389. The average molecular weight is 343 g/mol. The van der Waals surface area contributed by atoms with Gasteiger partial charge in [0.1, 0.15) is 10.6 Å².